The Bertz CT molecular complexity index is 686. The molecule has 2 aromatic rings. The van der Waals surface area contributed by atoms with Crippen LogP contribution in [-0.4, -0.2) is 67.4 Å². The Balaban J connectivity index is 0.00000169. The van der Waals surface area contributed by atoms with E-state index in [0.29, 0.717) is 5.28 Å². The van der Waals surface area contributed by atoms with Crippen LogP contribution in [-0.2, 0) is 11.3 Å². The maximum absolute atomic E-state index is 6.15. The first kappa shape index (κ1) is 18.1. The molecule has 132 valence electrons. The maximum atomic E-state index is 6.15. The van der Waals surface area contributed by atoms with Gasteiger partial charge in [0.15, 0.2) is 0 Å². The molecule has 0 saturated carbocycles. The third-order valence-corrected chi connectivity index (χ3v) is 5.48. The van der Waals surface area contributed by atoms with Crippen LogP contribution in [0.2, 0.25) is 5.28 Å². The Morgan fingerprint density at radius 3 is 2.67 bits per heavy atom. The SMILES string of the molecule is Cl.Clc1nc(N2CCOCC2)c2cc(CN3CCNCC3)sc2n1. The molecule has 2 aromatic heterocycles. The molecule has 4 heterocycles. The van der Waals surface area contributed by atoms with Crippen molar-refractivity contribution in [1.82, 2.24) is 20.2 Å². The van der Waals surface area contributed by atoms with E-state index in [0.717, 1.165) is 75.1 Å². The van der Waals surface area contributed by atoms with Crippen molar-refractivity contribution in [2.24, 2.45) is 0 Å². The molecule has 0 aliphatic carbocycles. The molecule has 4 rings (SSSR count). The summed E-state index contributed by atoms with van der Waals surface area (Å²) < 4.78 is 5.44. The highest BCUT2D eigenvalue weighted by Crippen LogP contribution is 2.33. The number of nitrogens with zero attached hydrogens (tertiary/aromatic N) is 4. The summed E-state index contributed by atoms with van der Waals surface area (Å²) in [4.78, 5) is 16.0. The first-order valence-corrected chi connectivity index (χ1v) is 9.21. The number of aromatic nitrogens is 2. The molecule has 0 bridgehead atoms. The molecule has 6 nitrogen and oxygen atoms in total. The van der Waals surface area contributed by atoms with Gasteiger partial charge >= 0.3 is 0 Å². The first-order valence-electron chi connectivity index (χ1n) is 8.01. The normalized spacial score (nSPS) is 19.5. The molecular weight excluding hydrogens is 369 g/mol. The van der Waals surface area contributed by atoms with Gasteiger partial charge in [0.1, 0.15) is 10.6 Å². The second-order valence-electron chi connectivity index (χ2n) is 5.87. The molecular formula is C15H21Cl2N5OS. The number of nitrogens with one attached hydrogen (secondary N) is 1. The number of piperazine rings is 1. The fourth-order valence-corrected chi connectivity index (χ4v) is 4.39. The van der Waals surface area contributed by atoms with Gasteiger partial charge in [-0.15, -0.1) is 23.7 Å². The lowest BCUT2D eigenvalue weighted by Crippen LogP contribution is -2.42. The smallest absolute Gasteiger partial charge is 0.225 e. The molecule has 24 heavy (non-hydrogen) atoms. The summed E-state index contributed by atoms with van der Waals surface area (Å²) in [7, 11) is 0. The largest absolute Gasteiger partial charge is 0.378 e. The van der Waals surface area contributed by atoms with Gasteiger partial charge in [0.05, 0.1) is 18.6 Å². The van der Waals surface area contributed by atoms with Crippen molar-refractivity contribution in [1.29, 1.82) is 0 Å². The van der Waals surface area contributed by atoms with Crippen LogP contribution < -0.4 is 10.2 Å². The maximum Gasteiger partial charge on any atom is 0.225 e. The van der Waals surface area contributed by atoms with Crippen LogP contribution in [0.4, 0.5) is 5.82 Å². The van der Waals surface area contributed by atoms with Gasteiger partial charge in [-0.05, 0) is 17.7 Å². The zero-order valence-corrected chi connectivity index (χ0v) is 15.7. The lowest BCUT2D eigenvalue weighted by atomic mass is 10.3. The number of rotatable bonds is 3. The predicted molar refractivity (Wildman–Crippen MR) is 101 cm³/mol. The molecule has 2 aliphatic heterocycles. The van der Waals surface area contributed by atoms with Gasteiger partial charge in [-0.3, -0.25) is 4.90 Å². The summed E-state index contributed by atoms with van der Waals surface area (Å²) >= 11 is 7.88. The highest BCUT2D eigenvalue weighted by Gasteiger charge is 2.20. The van der Waals surface area contributed by atoms with E-state index in [1.54, 1.807) is 11.3 Å². The molecule has 0 aromatic carbocycles. The van der Waals surface area contributed by atoms with E-state index < -0.39 is 0 Å². The number of fused-ring (bicyclic) bond motifs is 1. The van der Waals surface area contributed by atoms with E-state index >= 15 is 0 Å². The highest BCUT2D eigenvalue weighted by molar-refractivity contribution is 7.18. The van der Waals surface area contributed by atoms with Gasteiger partial charge in [0.25, 0.3) is 0 Å². The van der Waals surface area contributed by atoms with E-state index in [2.05, 4.69) is 31.2 Å². The summed E-state index contributed by atoms with van der Waals surface area (Å²) in [6, 6.07) is 2.24. The number of hydrogen-bond acceptors (Lipinski definition) is 7. The van der Waals surface area contributed by atoms with Gasteiger partial charge in [0.2, 0.25) is 5.28 Å². The average Bonchev–Trinajstić information content (AvgIpc) is 2.98. The number of thiophene rings is 1. The van der Waals surface area contributed by atoms with Crippen molar-refractivity contribution < 1.29 is 4.74 Å². The molecule has 0 spiro atoms. The van der Waals surface area contributed by atoms with Crippen molar-refractivity contribution >= 4 is 51.4 Å². The summed E-state index contributed by atoms with van der Waals surface area (Å²) in [6.07, 6.45) is 0. The molecule has 9 heteroatoms. The van der Waals surface area contributed by atoms with Crippen molar-refractivity contribution in [3.8, 4) is 0 Å². The van der Waals surface area contributed by atoms with Crippen LogP contribution in [0.1, 0.15) is 4.88 Å². The number of morpholine rings is 1. The van der Waals surface area contributed by atoms with Crippen molar-refractivity contribution in [3.63, 3.8) is 0 Å². The highest BCUT2D eigenvalue weighted by atomic mass is 35.5. The Hall–Kier alpha value is -0.700. The fraction of sp³-hybridized carbons (Fsp3) is 0.600. The first-order chi connectivity index (χ1) is 11.3. The van der Waals surface area contributed by atoms with Crippen LogP contribution in [0.5, 0.6) is 0 Å². The molecule has 0 amide bonds. The molecule has 2 fully saturated rings. The van der Waals surface area contributed by atoms with E-state index in [4.69, 9.17) is 16.3 Å². The lowest BCUT2D eigenvalue weighted by molar-refractivity contribution is 0.122. The monoisotopic (exact) mass is 389 g/mol. The third kappa shape index (κ3) is 3.92. The number of halogens is 2. The van der Waals surface area contributed by atoms with E-state index in [-0.39, 0.29) is 12.4 Å². The minimum Gasteiger partial charge on any atom is -0.378 e. The zero-order chi connectivity index (χ0) is 15.6. The van der Waals surface area contributed by atoms with Crippen LogP contribution >= 0.6 is 35.3 Å². The Morgan fingerprint density at radius 1 is 1.17 bits per heavy atom. The second-order valence-corrected chi connectivity index (χ2v) is 7.33. The molecule has 1 N–H and O–H groups in total. The van der Waals surface area contributed by atoms with E-state index in [9.17, 15) is 0 Å². The van der Waals surface area contributed by atoms with Gasteiger partial charge in [0, 0.05) is 50.7 Å². The van der Waals surface area contributed by atoms with E-state index in [1.165, 1.54) is 4.88 Å². The molecule has 0 radical (unpaired) electrons. The molecule has 0 unspecified atom stereocenters. The van der Waals surface area contributed by atoms with Gasteiger partial charge in [-0.1, -0.05) is 0 Å². The van der Waals surface area contributed by atoms with Gasteiger partial charge in [-0.2, -0.15) is 4.98 Å². The topological polar surface area (TPSA) is 53.5 Å². The second kappa shape index (κ2) is 8.12. The van der Waals surface area contributed by atoms with Crippen LogP contribution in [0.3, 0.4) is 0 Å². The fourth-order valence-electron chi connectivity index (χ4n) is 3.11. The summed E-state index contributed by atoms with van der Waals surface area (Å²) in [6.45, 7) is 8.47. The van der Waals surface area contributed by atoms with Crippen LogP contribution in [0.25, 0.3) is 10.2 Å². The summed E-state index contributed by atoms with van der Waals surface area (Å²) in [5.41, 5.74) is 0. The number of hydrogen-bond donors (Lipinski definition) is 1. The predicted octanol–water partition coefficient (Wildman–Crippen LogP) is 2.01. The average molecular weight is 390 g/mol. The molecule has 0 atom stereocenters. The standard InChI is InChI=1S/C15H20ClN5OS.ClH/c16-15-18-13(21-5-7-22-8-6-21)12-9-11(23-14(12)19-15)10-20-3-1-17-2-4-20;/h9,17H,1-8,10H2;1H. The Labute approximate surface area is 156 Å². The van der Waals surface area contributed by atoms with Gasteiger partial charge < -0.3 is 15.0 Å². The lowest BCUT2D eigenvalue weighted by Gasteiger charge is -2.28. The van der Waals surface area contributed by atoms with Crippen LogP contribution in [0.15, 0.2) is 6.07 Å². The number of ether oxygens (including phenoxy) is 1. The Morgan fingerprint density at radius 2 is 1.92 bits per heavy atom. The van der Waals surface area contributed by atoms with Crippen molar-refractivity contribution in [2.45, 2.75) is 6.54 Å². The third-order valence-electron chi connectivity index (χ3n) is 4.30. The Kier molecular flexibility index (Phi) is 6.12. The van der Waals surface area contributed by atoms with Crippen LogP contribution in [0, 0.1) is 0 Å². The quantitative estimate of drug-likeness (QED) is 0.810. The minimum absolute atomic E-state index is 0. The number of anilines is 1. The van der Waals surface area contributed by atoms with Crippen molar-refractivity contribution in [2.75, 3.05) is 57.4 Å². The molecule has 2 saturated heterocycles. The minimum atomic E-state index is 0. The molecule has 2 aliphatic rings. The van der Waals surface area contributed by atoms with Crippen molar-refractivity contribution in [3.05, 3.63) is 16.2 Å². The van der Waals surface area contributed by atoms with E-state index in [1.807, 2.05) is 0 Å². The summed E-state index contributed by atoms with van der Waals surface area (Å²) in [5.74, 6) is 0.950. The van der Waals surface area contributed by atoms with Gasteiger partial charge in [-0.25, -0.2) is 4.98 Å². The zero-order valence-electron chi connectivity index (χ0n) is 13.3. The summed E-state index contributed by atoms with van der Waals surface area (Å²) in [5, 5.41) is 4.84.